The van der Waals surface area contributed by atoms with Crippen LogP contribution in [0.1, 0.15) is 17.1 Å². The molecule has 92 valence electrons. The molecule has 17 heavy (non-hydrogen) atoms. The largest absolute Gasteiger partial charge is 0.355 e. The predicted molar refractivity (Wildman–Crippen MR) is 64.4 cm³/mol. The number of rotatable bonds is 3. The van der Waals surface area contributed by atoms with Gasteiger partial charge in [-0.2, -0.15) is 0 Å². The topological polar surface area (TPSA) is 62.3 Å². The van der Waals surface area contributed by atoms with E-state index in [9.17, 15) is 9.59 Å². The number of carbonyl (C=O) groups excluding carboxylic acids is 2. The molecule has 1 aliphatic heterocycles. The molecule has 0 spiro atoms. The summed E-state index contributed by atoms with van der Waals surface area (Å²) in [5.74, 6) is -0.248. The number of amides is 2. The number of carbonyl (C=O) groups is 2. The summed E-state index contributed by atoms with van der Waals surface area (Å²) in [7, 11) is 1.75. The third kappa shape index (κ3) is 2.82. The molecule has 1 atom stereocenters. The van der Waals surface area contributed by atoms with Crippen molar-refractivity contribution in [1.29, 1.82) is 0 Å². The van der Waals surface area contributed by atoms with Crippen LogP contribution in [-0.4, -0.2) is 35.3 Å². The summed E-state index contributed by atoms with van der Waals surface area (Å²) in [5, 5.41) is 5.63. The first-order valence-corrected chi connectivity index (χ1v) is 6.37. The van der Waals surface area contributed by atoms with Gasteiger partial charge in [-0.15, -0.1) is 11.3 Å². The average molecular weight is 253 g/mol. The molecule has 1 aromatic heterocycles. The van der Waals surface area contributed by atoms with Crippen LogP contribution in [0.2, 0.25) is 0 Å². The lowest BCUT2D eigenvalue weighted by molar-refractivity contribution is -0.135. The fraction of sp³-hybridized carbons (Fsp3) is 0.545. The van der Waals surface area contributed by atoms with Crippen molar-refractivity contribution in [2.24, 2.45) is 5.92 Å². The molecule has 1 aromatic rings. The Bertz CT molecular complexity index is 444. The predicted octanol–water partition coefficient (Wildman–Crippen LogP) is 0.546. The van der Waals surface area contributed by atoms with Gasteiger partial charge in [0.05, 0.1) is 23.2 Å². The summed E-state index contributed by atoms with van der Waals surface area (Å²) in [6.07, 6.45) is 0.305. The molecule has 5 nitrogen and oxygen atoms in total. The molecule has 2 rings (SSSR count). The van der Waals surface area contributed by atoms with Gasteiger partial charge in [0.1, 0.15) is 0 Å². The molecule has 1 saturated heterocycles. The Balaban J connectivity index is 1.93. The van der Waals surface area contributed by atoms with Gasteiger partial charge in [0.25, 0.3) is 0 Å². The first-order chi connectivity index (χ1) is 8.06. The van der Waals surface area contributed by atoms with Crippen molar-refractivity contribution >= 4 is 23.2 Å². The van der Waals surface area contributed by atoms with Crippen LogP contribution in [0.5, 0.6) is 0 Å². The fourth-order valence-electron chi connectivity index (χ4n) is 1.89. The summed E-state index contributed by atoms with van der Waals surface area (Å²) >= 11 is 1.58. The second-order valence-corrected chi connectivity index (χ2v) is 5.32. The van der Waals surface area contributed by atoms with Crippen LogP contribution in [0.15, 0.2) is 5.38 Å². The maximum Gasteiger partial charge on any atom is 0.228 e. The van der Waals surface area contributed by atoms with E-state index < -0.39 is 0 Å². The number of nitrogens with zero attached hydrogens (tertiary/aromatic N) is 2. The van der Waals surface area contributed by atoms with E-state index in [0.29, 0.717) is 19.5 Å². The van der Waals surface area contributed by atoms with E-state index in [1.54, 1.807) is 23.3 Å². The van der Waals surface area contributed by atoms with Gasteiger partial charge >= 0.3 is 0 Å². The second-order valence-electron chi connectivity index (χ2n) is 4.26. The van der Waals surface area contributed by atoms with Crippen molar-refractivity contribution in [1.82, 2.24) is 15.2 Å². The molecule has 1 aliphatic rings. The number of hydrogen-bond acceptors (Lipinski definition) is 4. The van der Waals surface area contributed by atoms with E-state index in [1.807, 2.05) is 12.3 Å². The molecular formula is C11H15N3O2S. The Labute approximate surface area is 104 Å². The van der Waals surface area contributed by atoms with Crippen LogP contribution in [0.25, 0.3) is 0 Å². The molecule has 1 fully saturated rings. The summed E-state index contributed by atoms with van der Waals surface area (Å²) < 4.78 is 0. The van der Waals surface area contributed by atoms with Gasteiger partial charge in [0.15, 0.2) is 0 Å². The molecule has 0 bridgehead atoms. The maximum absolute atomic E-state index is 12.0. The molecule has 2 amide bonds. The van der Waals surface area contributed by atoms with Gasteiger partial charge in [-0.1, -0.05) is 0 Å². The number of thiazole rings is 1. The van der Waals surface area contributed by atoms with Crippen LogP contribution in [0.4, 0.5) is 0 Å². The highest BCUT2D eigenvalue weighted by Crippen LogP contribution is 2.15. The van der Waals surface area contributed by atoms with E-state index in [0.717, 1.165) is 10.7 Å². The number of hydrogen-bond donors (Lipinski definition) is 1. The highest BCUT2D eigenvalue weighted by molar-refractivity contribution is 7.09. The molecule has 1 unspecified atom stereocenters. The number of aryl methyl sites for hydroxylation is 1. The zero-order valence-electron chi connectivity index (χ0n) is 9.90. The van der Waals surface area contributed by atoms with Gasteiger partial charge in [0, 0.05) is 25.4 Å². The number of nitrogens with one attached hydrogen (secondary N) is 1. The van der Waals surface area contributed by atoms with Crippen LogP contribution in [0.3, 0.4) is 0 Å². The van der Waals surface area contributed by atoms with Crippen molar-refractivity contribution in [3.05, 3.63) is 16.1 Å². The zero-order valence-corrected chi connectivity index (χ0v) is 10.7. The Morgan fingerprint density at radius 2 is 2.47 bits per heavy atom. The lowest BCUT2D eigenvalue weighted by Crippen LogP contribution is -2.33. The van der Waals surface area contributed by atoms with Gasteiger partial charge in [0.2, 0.25) is 11.8 Å². The SMILES string of the molecule is Cc1nc(CN(C)C(=O)C2CNC(=O)C2)cs1. The first-order valence-electron chi connectivity index (χ1n) is 5.49. The van der Waals surface area contributed by atoms with E-state index in [1.165, 1.54) is 0 Å². The van der Waals surface area contributed by atoms with Crippen LogP contribution >= 0.6 is 11.3 Å². The molecule has 0 saturated carbocycles. The summed E-state index contributed by atoms with van der Waals surface area (Å²) in [5.41, 5.74) is 0.903. The summed E-state index contributed by atoms with van der Waals surface area (Å²) in [6.45, 7) is 2.90. The van der Waals surface area contributed by atoms with Gasteiger partial charge < -0.3 is 10.2 Å². The van der Waals surface area contributed by atoms with E-state index in [2.05, 4.69) is 10.3 Å². The summed E-state index contributed by atoms with van der Waals surface area (Å²) in [6, 6.07) is 0. The van der Waals surface area contributed by atoms with Crippen molar-refractivity contribution in [2.75, 3.05) is 13.6 Å². The Morgan fingerprint density at radius 3 is 3.00 bits per heavy atom. The monoisotopic (exact) mass is 253 g/mol. The maximum atomic E-state index is 12.0. The van der Waals surface area contributed by atoms with Gasteiger partial charge in [-0.3, -0.25) is 9.59 Å². The van der Waals surface area contributed by atoms with E-state index in [-0.39, 0.29) is 17.7 Å². The third-order valence-corrected chi connectivity index (χ3v) is 3.59. The minimum Gasteiger partial charge on any atom is -0.355 e. The Hall–Kier alpha value is -1.43. The lowest BCUT2D eigenvalue weighted by atomic mass is 10.1. The van der Waals surface area contributed by atoms with Crippen LogP contribution in [-0.2, 0) is 16.1 Å². The quantitative estimate of drug-likeness (QED) is 0.855. The third-order valence-electron chi connectivity index (χ3n) is 2.77. The van der Waals surface area contributed by atoms with Crippen LogP contribution < -0.4 is 5.32 Å². The number of aromatic nitrogens is 1. The normalized spacial score (nSPS) is 19.2. The van der Waals surface area contributed by atoms with E-state index >= 15 is 0 Å². The van der Waals surface area contributed by atoms with Crippen molar-refractivity contribution in [3.8, 4) is 0 Å². The Morgan fingerprint density at radius 1 is 1.71 bits per heavy atom. The van der Waals surface area contributed by atoms with Crippen LogP contribution in [0, 0.1) is 12.8 Å². The first kappa shape index (κ1) is 12.0. The molecule has 6 heteroatoms. The lowest BCUT2D eigenvalue weighted by Gasteiger charge is -2.19. The smallest absolute Gasteiger partial charge is 0.228 e. The molecule has 0 aromatic carbocycles. The van der Waals surface area contributed by atoms with Gasteiger partial charge in [-0.05, 0) is 6.92 Å². The average Bonchev–Trinajstić information content (AvgIpc) is 2.87. The fourth-order valence-corrected chi connectivity index (χ4v) is 2.50. The van der Waals surface area contributed by atoms with Crippen molar-refractivity contribution < 1.29 is 9.59 Å². The standard InChI is InChI=1S/C11H15N3O2S/c1-7-13-9(6-17-7)5-14(2)11(16)8-3-10(15)12-4-8/h6,8H,3-5H2,1-2H3,(H,12,15). The minimum absolute atomic E-state index is 0.00834. The molecular weight excluding hydrogens is 238 g/mol. The summed E-state index contributed by atoms with van der Waals surface area (Å²) in [4.78, 5) is 29.0. The van der Waals surface area contributed by atoms with Gasteiger partial charge in [-0.25, -0.2) is 4.98 Å². The highest BCUT2D eigenvalue weighted by atomic mass is 32.1. The zero-order chi connectivity index (χ0) is 12.4. The molecule has 0 aliphatic carbocycles. The second kappa shape index (κ2) is 4.83. The van der Waals surface area contributed by atoms with Crippen molar-refractivity contribution in [3.63, 3.8) is 0 Å². The molecule has 1 N–H and O–H groups in total. The minimum atomic E-state index is -0.216. The molecule has 0 radical (unpaired) electrons. The van der Waals surface area contributed by atoms with Crippen molar-refractivity contribution in [2.45, 2.75) is 19.9 Å². The Kier molecular flexibility index (Phi) is 3.42. The molecule has 2 heterocycles. The van der Waals surface area contributed by atoms with E-state index in [4.69, 9.17) is 0 Å². The highest BCUT2D eigenvalue weighted by Gasteiger charge is 2.30.